The molecule has 0 saturated heterocycles. The predicted octanol–water partition coefficient (Wildman–Crippen LogP) is 5.70. The van der Waals surface area contributed by atoms with Gasteiger partial charge in [-0.15, -0.1) is 31.2 Å². The molecule has 0 bridgehead atoms. The summed E-state index contributed by atoms with van der Waals surface area (Å²) in [6.45, 7) is 11.6. The van der Waals surface area contributed by atoms with Crippen LogP contribution in [0.3, 0.4) is 0 Å². The SMILES string of the molecule is C#CCN1C(=O)COc2cc(F)c(N3C(=O)C4=C(CCCC4)C3=O)cc21.C=CCN(CC=C)C(=O)C(Cl)Cl.CCc1cccc(CC)c1N(COC)C(=O)CCl.O=C(O)CNCP(=O)(O)O. The summed E-state index contributed by atoms with van der Waals surface area (Å²) in [5, 5.41) is 10.1. The Bertz CT molecular complexity index is 2170. The van der Waals surface area contributed by atoms with Gasteiger partial charge in [-0.2, -0.15) is 0 Å². The topological polar surface area (TPSA) is 224 Å². The third-order valence-corrected chi connectivity index (χ3v) is 10.8. The first-order chi connectivity index (χ1) is 31.3. The number of carboxylic acid groups (broad SMARTS) is 1. The van der Waals surface area contributed by atoms with Crippen molar-refractivity contribution in [2.45, 2.75) is 57.2 Å². The van der Waals surface area contributed by atoms with Gasteiger partial charge in [-0.3, -0.25) is 48.4 Å². The van der Waals surface area contributed by atoms with Gasteiger partial charge in [0, 0.05) is 37.4 Å². The molecule has 22 heteroatoms. The Morgan fingerprint density at radius 2 is 1.59 bits per heavy atom. The summed E-state index contributed by atoms with van der Waals surface area (Å²) in [6.07, 6.45) is 12.4. The zero-order chi connectivity index (χ0) is 49.7. The Labute approximate surface area is 398 Å². The van der Waals surface area contributed by atoms with Gasteiger partial charge in [-0.25, -0.2) is 9.29 Å². The number of ether oxygens (including phenoxy) is 2. The van der Waals surface area contributed by atoms with E-state index in [1.165, 1.54) is 15.9 Å². The number of halogens is 4. The standard InChI is InChI=1S/C19H15FN2O4.C14H20ClNO2.C8H11Cl2NO.C3H8NO5P/c1-2-7-21-15-9-14(13(20)8-16(15)26-10-17(21)23)22-18(24)11-5-3-4-6-12(11)19(22)25;1-4-11-7-6-8-12(5-2)14(11)16(10-18-3)13(17)9-15;1-3-5-11(6-4-2)8(12)7(9)10;5-3(6)1-4-2-10(7,8)9/h1,8-9H,3-7,10H2;6-8H,4-5,9-10H2,1-3H3;3-4,7H,1-2,5-6H2;4H,1-2H2,(H,5,6)(H2,7,8,9). The minimum Gasteiger partial charge on any atom is -0.481 e. The summed E-state index contributed by atoms with van der Waals surface area (Å²) >= 11 is 16.5. The molecule has 3 aliphatic rings. The van der Waals surface area contributed by atoms with E-state index >= 15 is 0 Å². The van der Waals surface area contributed by atoms with E-state index in [9.17, 15) is 37.7 Å². The van der Waals surface area contributed by atoms with E-state index in [1.807, 2.05) is 18.2 Å². The molecule has 5 rings (SSSR count). The van der Waals surface area contributed by atoms with E-state index < -0.39 is 48.9 Å². The molecular formula is C44H54Cl3FN5O12P. The van der Waals surface area contributed by atoms with Crippen molar-refractivity contribution in [1.29, 1.82) is 0 Å². The lowest BCUT2D eigenvalue weighted by molar-refractivity contribution is -0.136. The third-order valence-electron chi connectivity index (χ3n) is 9.55. The van der Waals surface area contributed by atoms with Crippen LogP contribution < -0.4 is 24.8 Å². The number of nitrogens with zero attached hydrogens (tertiary/aromatic N) is 4. The molecule has 2 aliphatic heterocycles. The summed E-state index contributed by atoms with van der Waals surface area (Å²) in [4.78, 5) is 90.9. The summed E-state index contributed by atoms with van der Waals surface area (Å²) in [6, 6.07) is 8.47. The molecule has 0 atom stereocenters. The van der Waals surface area contributed by atoms with Gasteiger partial charge in [0.1, 0.15) is 18.4 Å². The molecule has 0 aromatic heterocycles. The van der Waals surface area contributed by atoms with Crippen LogP contribution in [0.25, 0.3) is 0 Å². The fourth-order valence-corrected chi connectivity index (χ4v) is 7.47. The molecule has 0 radical (unpaired) electrons. The predicted molar refractivity (Wildman–Crippen MR) is 251 cm³/mol. The summed E-state index contributed by atoms with van der Waals surface area (Å²) in [5.41, 5.74) is 4.23. The molecule has 4 N–H and O–H groups in total. The Morgan fingerprint density at radius 3 is 2.03 bits per heavy atom. The van der Waals surface area contributed by atoms with Gasteiger partial charge in [0.25, 0.3) is 23.6 Å². The number of carboxylic acids is 1. The average molecular weight is 1000 g/mol. The number of hydrogen-bond acceptors (Lipinski definition) is 10. The fourth-order valence-electron chi connectivity index (χ4n) is 6.64. The number of carbonyl (C=O) groups excluding carboxylic acids is 5. The lowest BCUT2D eigenvalue weighted by atomic mass is 9.93. The van der Waals surface area contributed by atoms with Gasteiger partial charge in [0.15, 0.2) is 17.3 Å². The van der Waals surface area contributed by atoms with Crippen LogP contribution in [0.2, 0.25) is 0 Å². The second kappa shape index (κ2) is 28.2. The first-order valence-corrected chi connectivity index (χ1v) is 23.5. The number of carbonyl (C=O) groups is 6. The number of alkyl halides is 3. The van der Waals surface area contributed by atoms with E-state index in [4.69, 9.17) is 65.6 Å². The molecule has 5 amide bonds. The highest BCUT2D eigenvalue weighted by Crippen LogP contribution is 2.42. The van der Waals surface area contributed by atoms with Crippen LogP contribution in [-0.4, -0.2) is 119 Å². The van der Waals surface area contributed by atoms with Gasteiger partial charge in [0.05, 0.1) is 36.4 Å². The number of terminal acetylenes is 1. The number of hydrogen-bond donors (Lipinski definition) is 4. The smallest absolute Gasteiger partial charge is 0.339 e. The van der Waals surface area contributed by atoms with Gasteiger partial charge in [-0.05, 0) is 55.7 Å². The minimum atomic E-state index is -4.10. The molecule has 17 nitrogen and oxygen atoms in total. The van der Waals surface area contributed by atoms with E-state index in [0.717, 1.165) is 53.5 Å². The van der Waals surface area contributed by atoms with Gasteiger partial charge >= 0.3 is 13.6 Å². The molecule has 360 valence electrons. The maximum absolute atomic E-state index is 14.7. The van der Waals surface area contributed by atoms with Crippen molar-refractivity contribution in [2.24, 2.45) is 0 Å². The van der Waals surface area contributed by atoms with Crippen molar-refractivity contribution in [1.82, 2.24) is 10.2 Å². The zero-order valence-corrected chi connectivity index (χ0v) is 39.9. The molecule has 0 fully saturated rings. The van der Waals surface area contributed by atoms with Crippen molar-refractivity contribution in [3.63, 3.8) is 0 Å². The van der Waals surface area contributed by atoms with Crippen LogP contribution in [0.15, 0.2) is 66.8 Å². The lowest BCUT2D eigenvalue weighted by Gasteiger charge is -2.29. The first-order valence-electron chi connectivity index (χ1n) is 20.3. The highest BCUT2D eigenvalue weighted by molar-refractivity contribution is 7.51. The van der Waals surface area contributed by atoms with Crippen LogP contribution in [0.4, 0.5) is 21.5 Å². The van der Waals surface area contributed by atoms with Crippen molar-refractivity contribution >= 4 is 95.0 Å². The number of para-hydroxylation sites is 1. The highest BCUT2D eigenvalue weighted by atomic mass is 35.5. The van der Waals surface area contributed by atoms with Crippen LogP contribution in [0, 0.1) is 18.2 Å². The van der Waals surface area contributed by atoms with Crippen molar-refractivity contribution in [3.8, 4) is 18.1 Å². The summed E-state index contributed by atoms with van der Waals surface area (Å²) < 4.78 is 35.1. The Balaban J connectivity index is 0.000000327. The molecule has 1 aliphatic carbocycles. The maximum Gasteiger partial charge on any atom is 0.339 e. The van der Waals surface area contributed by atoms with Gasteiger partial charge in [-0.1, -0.05) is 73.3 Å². The maximum atomic E-state index is 14.7. The molecule has 66 heavy (non-hydrogen) atoms. The number of methoxy groups -OCH3 is 1. The number of benzene rings is 2. The zero-order valence-electron chi connectivity index (χ0n) is 36.8. The van der Waals surface area contributed by atoms with Crippen LogP contribution in [0.5, 0.6) is 5.75 Å². The number of aliphatic carboxylic acids is 1. The summed E-state index contributed by atoms with van der Waals surface area (Å²) in [5.74, 6) is -1.23. The quantitative estimate of drug-likeness (QED) is 0.0373. The minimum absolute atomic E-state index is 0.0170. The van der Waals surface area contributed by atoms with E-state index in [2.05, 4.69) is 38.2 Å². The summed E-state index contributed by atoms with van der Waals surface area (Å²) in [7, 11) is -2.52. The van der Waals surface area contributed by atoms with Crippen molar-refractivity contribution < 1.29 is 62.1 Å². The highest BCUT2D eigenvalue weighted by Gasteiger charge is 2.42. The monoisotopic (exact) mass is 999 g/mol. The Kier molecular flexibility index (Phi) is 24.3. The van der Waals surface area contributed by atoms with Crippen molar-refractivity contribution in [2.75, 3.05) is 73.5 Å². The second-order valence-corrected chi connectivity index (χ2v) is 17.1. The number of aryl methyl sites for hydroxylation is 2. The number of amides is 5. The lowest BCUT2D eigenvalue weighted by Crippen LogP contribution is -2.39. The fraction of sp³-hybridized carbons (Fsp3) is 0.409. The van der Waals surface area contributed by atoms with E-state index in [1.54, 1.807) is 24.2 Å². The largest absolute Gasteiger partial charge is 0.481 e. The molecule has 0 saturated carbocycles. The van der Waals surface area contributed by atoms with Gasteiger partial charge in [0.2, 0.25) is 5.91 Å². The Hall–Kier alpha value is -5.09. The third kappa shape index (κ3) is 16.4. The van der Waals surface area contributed by atoms with Crippen LogP contribution >= 0.6 is 42.4 Å². The second-order valence-electron chi connectivity index (χ2n) is 14.1. The molecule has 2 heterocycles. The normalized spacial score (nSPS) is 13.9. The number of nitrogens with one attached hydrogen (secondary N) is 1. The van der Waals surface area contributed by atoms with Crippen molar-refractivity contribution in [3.05, 3.63) is 83.7 Å². The van der Waals surface area contributed by atoms with Crippen LogP contribution in [-0.2, 0) is 50.9 Å². The number of anilines is 3. The average Bonchev–Trinajstić information content (AvgIpc) is 3.53. The molecule has 0 spiro atoms. The number of imide groups is 1. The Morgan fingerprint density at radius 1 is 1.03 bits per heavy atom. The molecule has 0 unspecified atom stereocenters. The first kappa shape index (κ1) is 57.0. The number of rotatable bonds is 17. The molecular weight excluding hydrogens is 947 g/mol. The molecule has 2 aromatic carbocycles. The number of fused-ring (bicyclic) bond motifs is 1. The van der Waals surface area contributed by atoms with E-state index in [0.29, 0.717) is 37.1 Å². The molecule has 2 aromatic rings. The van der Waals surface area contributed by atoms with Gasteiger partial charge < -0.3 is 29.3 Å². The van der Waals surface area contributed by atoms with E-state index in [-0.39, 0.29) is 60.6 Å². The van der Waals surface area contributed by atoms with Crippen LogP contribution in [0.1, 0.15) is 50.7 Å².